The maximum atomic E-state index is 11.3. The molecule has 0 aromatic rings. The van der Waals surface area contributed by atoms with Crippen molar-refractivity contribution < 1.29 is 23.9 Å². The van der Waals surface area contributed by atoms with Crippen LogP contribution in [0.3, 0.4) is 0 Å². The summed E-state index contributed by atoms with van der Waals surface area (Å²) in [6.45, 7) is 3.66. The number of rotatable bonds is 13. The lowest BCUT2D eigenvalue weighted by Crippen LogP contribution is -2.20. The molecule has 0 bridgehead atoms. The Bertz CT molecular complexity index is 313. The van der Waals surface area contributed by atoms with Gasteiger partial charge in [0.05, 0.1) is 6.61 Å². The molecule has 0 aromatic heterocycles. The smallest absolute Gasteiger partial charge is 0.339 e. The third kappa shape index (κ3) is 11.9. The Kier molecular flexibility index (Phi) is 12.0. The average Bonchev–Trinajstić information content (AvgIpc) is 2.42. The van der Waals surface area contributed by atoms with Gasteiger partial charge in [-0.3, -0.25) is 9.36 Å². The van der Waals surface area contributed by atoms with E-state index in [1.54, 1.807) is 0 Å². The Labute approximate surface area is 128 Å². The predicted octanol–water partition coefficient (Wildman–Crippen LogP) is 4.02. The number of hydrogen-bond acceptors (Lipinski definition) is 3. The molecule has 0 aliphatic rings. The van der Waals surface area contributed by atoms with Gasteiger partial charge in [-0.2, -0.15) is 0 Å². The lowest BCUT2D eigenvalue weighted by molar-refractivity contribution is -0.143. The van der Waals surface area contributed by atoms with Crippen molar-refractivity contribution in [1.82, 2.24) is 0 Å². The second kappa shape index (κ2) is 12.2. The molecule has 0 saturated heterocycles. The number of ether oxygens (including phenoxy) is 1. The minimum Gasteiger partial charge on any atom is -0.465 e. The minimum atomic E-state index is -4.37. The third-order valence-electron chi connectivity index (χ3n) is 3.59. The third-order valence-corrected chi connectivity index (χ3v) is 4.81. The highest BCUT2D eigenvalue weighted by Crippen LogP contribution is 2.41. The van der Waals surface area contributed by atoms with Crippen LogP contribution in [0.25, 0.3) is 0 Å². The highest BCUT2D eigenvalue weighted by molar-refractivity contribution is 7.53. The van der Waals surface area contributed by atoms with Crippen LogP contribution in [0.5, 0.6) is 0 Å². The molecule has 0 spiro atoms. The van der Waals surface area contributed by atoms with Gasteiger partial charge in [-0.05, 0) is 13.3 Å². The first kappa shape index (κ1) is 20.6. The van der Waals surface area contributed by atoms with E-state index in [0.29, 0.717) is 0 Å². The summed E-state index contributed by atoms with van der Waals surface area (Å²) < 4.78 is 15.7. The van der Waals surface area contributed by atoms with Gasteiger partial charge >= 0.3 is 13.6 Å². The Hall–Kier alpha value is -0.380. The molecule has 0 saturated carbocycles. The molecule has 2 N–H and O–H groups in total. The standard InChI is InChI=1S/C15H31O5P/c1-3-4-5-6-7-8-9-10-11-12-13-20-15(16)14(2)21(17,18)19/h14H,3-13H2,1-2H3,(H2,17,18,19). The van der Waals surface area contributed by atoms with E-state index in [1.807, 2.05) is 0 Å². The fraction of sp³-hybridized carbons (Fsp3) is 0.933. The summed E-state index contributed by atoms with van der Waals surface area (Å²) in [5.74, 6) is -0.806. The molecule has 5 nitrogen and oxygen atoms in total. The number of carbonyl (C=O) groups excluding carboxylic acids is 1. The van der Waals surface area contributed by atoms with Gasteiger partial charge in [-0.25, -0.2) is 0 Å². The molecule has 0 rings (SSSR count). The van der Waals surface area contributed by atoms with Crippen LogP contribution >= 0.6 is 7.60 Å². The SMILES string of the molecule is CCCCCCCCCCCCOC(=O)C(C)P(=O)(O)O. The van der Waals surface area contributed by atoms with Crippen LogP contribution in [-0.2, 0) is 14.1 Å². The van der Waals surface area contributed by atoms with Gasteiger partial charge < -0.3 is 14.5 Å². The molecule has 21 heavy (non-hydrogen) atoms. The van der Waals surface area contributed by atoms with Crippen LogP contribution in [0.2, 0.25) is 0 Å². The molecule has 126 valence electrons. The van der Waals surface area contributed by atoms with Crippen LogP contribution in [0.15, 0.2) is 0 Å². The summed E-state index contributed by atoms with van der Waals surface area (Å²) in [7, 11) is -4.37. The first-order valence-corrected chi connectivity index (χ1v) is 9.79. The summed E-state index contributed by atoms with van der Waals surface area (Å²) in [4.78, 5) is 29.0. The van der Waals surface area contributed by atoms with Crippen molar-refractivity contribution in [1.29, 1.82) is 0 Å². The van der Waals surface area contributed by atoms with Crippen molar-refractivity contribution in [2.45, 2.75) is 83.7 Å². The average molecular weight is 322 g/mol. The van der Waals surface area contributed by atoms with Gasteiger partial charge in [0.15, 0.2) is 5.66 Å². The molecule has 6 heteroatoms. The molecule has 0 radical (unpaired) electrons. The van der Waals surface area contributed by atoms with Gasteiger partial charge in [0.25, 0.3) is 0 Å². The van der Waals surface area contributed by atoms with E-state index >= 15 is 0 Å². The lowest BCUT2D eigenvalue weighted by Gasteiger charge is -2.12. The molecule has 0 aliphatic heterocycles. The van der Waals surface area contributed by atoms with Gasteiger partial charge in [0, 0.05) is 0 Å². The molecule has 0 aromatic carbocycles. The fourth-order valence-electron chi connectivity index (χ4n) is 2.02. The van der Waals surface area contributed by atoms with Crippen LogP contribution in [-0.4, -0.2) is 28.0 Å². The zero-order valence-electron chi connectivity index (χ0n) is 13.4. The number of esters is 1. The van der Waals surface area contributed by atoms with E-state index in [9.17, 15) is 9.36 Å². The Morgan fingerprint density at radius 2 is 1.38 bits per heavy atom. The first-order chi connectivity index (χ1) is 9.89. The topological polar surface area (TPSA) is 83.8 Å². The Balaban J connectivity index is 3.37. The molecular weight excluding hydrogens is 291 g/mol. The Morgan fingerprint density at radius 3 is 1.81 bits per heavy atom. The summed E-state index contributed by atoms with van der Waals surface area (Å²) >= 11 is 0. The van der Waals surface area contributed by atoms with Gasteiger partial charge in [0.2, 0.25) is 0 Å². The monoisotopic (exact) mass is 322 g/mol. The molecule has 0 amide bonds. The van der Waals surface area contributed by atoms with Crippen LogP contribution in [0, 0.1) is 0 Å². The maximum Gasteiger partial charge on any atom is 0.339 e. The molecular formula is C15H31O5P. The van der Waals surface area contributed by atoms with Crippen molar-refractivity contribution in [3.63, 3.8) is 0 Å². The van der Waals surface area contributed by atoms with Gasteiger partial charge in [0.1, 0.15) is 0 Å². The first-order valence-electron chi connectivity index (χ1n) is 8.11. The number of carbonyl (C=O) groups is 1. The van der Waals surface area contributed by atoms with Crippen molar-refractivity contribution in [3.8, 4) is 0 Å². The summed E-state index contributed by atoms with van der Waals surface area (Å²) in [5, 5.41) is 0. The van der Waals surface area contributed by atoms with E-state index in [4.69, 9.17) is 14.5 Å². The van der Waals surface area contributed by atoms with Gasteiger partial charge in [-0.1, -0.05) is 64.7 Å². The Morgan fingerprint density at radius 1 is 0.952 bits per heavy atom. The van der Waals surface area contributed by atoms with E-state index in [2.05, 4.69) is 6.92 Å². The summed E-state index contributed by atoms with van der Waals surface area (Å²) in [6.07, 6.45) is 11.9. The van der Waals surface area contributed by atoms with Crippen molar-refractivity contribution >= 4 is 13.6 Å². The maximum absolute atomic E-state index is 11.3. The summed E-state index contributed by atoms with van der Waals surface area (Å²) in [5.41, 5.74) is -1.36. The van der Waals surface area contributed by atoms with Crippen molar-refractivity contribution in [2.24, 2.45) is 0 Å². The lowest BCUT2D eigenvalue weighted by atomic mass is 10.1. The molecule has 1 atom stereocenters. The largest absolute Gasteiger partial charge is 0.465 e. The van der Waals surface area contributed by atoms with Crippen LogP contribution < -0.4 is 0 Å². The van der Waals surface area contributed by atoms with Crippen molar-refractivity contribution in [3.05, 3.63) is 0 Å². The second-order valence-electron chi connectivity index (χ2n) is 5.61. The highest BCUT2D eigenvalue weighted by atomic mass is 31.2. The van der Waals surface area contributed by atoms with E-state index in [1.165, 1.54) is 51.9 Å². The number of hydrogen-bond donors (Lipinski definition) is 2. The minimum absolute atomic E-state index is 0.250. The predicted molar refractivity (Wildman–Crippen MR) is 84.3 cm³/mol. The molecule has 1 unspecified atom stereocenters. The summed E-state index contributed by atoms with van der Waals surface area (Å²) in [6, 6.07) is 0. The van der Waals surface area contributed by atoms with E-state index in [0.717, 1.165) is 19.3 Å². The highest BCUT2D eigenvalue weighted by Gasteiger charge is 2.32. The second-order valence-corrected chi connectivity index (χ2v) is 7.57. The van der Waals surface area contributed by atoms with Crippen LogP contribution in [0.1, 0.15) is 78.1 Å². The molecule has 0 aliphatic carbocycles. The fourth-order valence-corrected chi connectivity index (χ4v) is 2.37. The van der Waals surface area contributed by atoms with Crippen molar-refractivity contribution in [2.75, 3.05) is 6.61 Å². The number of unbranched alkanes of at least 4 members (excludes halogenated alkanes) is 9. The quantitative estimate of drug-likeness (QED) is 0.304. The van der Waals surface area contributed by atoms with Gasteiger partial charge in [-0.15, -0.1) is 0 Å². The zero-order valence-corrected chi connectivity index (χ0v) is 14.3. The molecule has 0 heterocycles. The molecule has 0 fully saturated rings. The normalized spacial score (nSPS) is 13.1. The van der Waals surface area contributed by atoms with E-state index in [-0.39, 0.29) is 6.61 Å². The van der Waals surface area contributed by atoms with Crippen LogP contribution in [0.4, 0.5) is 0 Å². The van der Waals surface area contributed by atoms with E-state index < -0.39 is 19.2 Å². The zero-order chi connectivity index (χ0) is 16.1.